The van der Waals surface area contributed by atoms with Gasteiger partial charge in [-0.1, -0.05) is 18.2 Å². The van der Waals surface area contributed by atoms with Crippen molar-refractivity contribution in [2.24, 2.45) is 0 Å². The van der Waals surface area contributed by atoms with Gasteiger partial charge in [0.05, 0.1) is 6.54 Å². The highest BCUT2D eigenvalue weighted by molar-refractivity contribution is 5.94. The number of fused-ring (bicyclic) bond motifs is 2. The van der Waals surface area contributed by atoms with E-state index < -0.39 is 0 Å². The van der Waals surface area contributed by atoms with Crippen LogP contribution in [-0.4, -0.2) is 32.3 Å². The first-order valence-electron chi connectivity index (χ1n) is 8.03. The van der Waals surface area contributed by atoms with E-state index in [1.54, 1.807) is 6.07 Å². The molecule has 6 nitrogen and oxygen atoms in total. The van der Waals surface area contributed by atoms with E-state index in [0.29, 0.717) is 23.7 Å². The molecule has 0 aliphatic carbocycles. The van der Waals surface area contributed by atoms with Crippen LogP contribution in [0.25, 0.3) is 0 Å². The number of nitrogens with one attached hydrogen (secondary N) is 2. The van der Waals surface area contributed by atoms with Gasteiger partial charge in [-0.05, 0) is 23.8 Å². The zero-order valence-electron chi connectivity index (χ0n) is 13.7. The monoisotopic (exact) mass is 361 g/mol. The third kappa shape index (κ3) is 3.81. The molecule has 0 atom stereocenters. The number of nitrogens with zero attached hydrogens (tertiary/aromatic N) is 1. The van der Waals surface area contributed by atoms with Crippen LogP contribution in [0, 0.1) is 0 Å². The third-order valence-corrected chi connectivity index (χ3v) is 4.20. The number of amides is 1. The summed E-state index contributed by atoms with van der Waals surface area (Å²) in [5.74, 6) is 1.32. The maximum Gasteiger partial charge on any atom is 0.243 e. The van der Waals surface area contributed by atoms with Crippen molar-refractivity contribution in [2.45, 2.75) is 6.54 Å². The Kier molecular flexibility index (Phi) is 5.31. The van der Waals surface area contributed by atoms with Crippen LogP contribution >= 0.6 is 12.4 Å². The van der Waals surface area contributed by atoms with Gasteiger partial charge in [-0.3, -0.25) is 4.79 Å². The van der Waals surface area contributed by atoms with Gasteiger partial charge in [0.25, 0.3) is 0 Å². The van der Waals surface area contributed by atoms with Crippen molar-refractivity contribution in [3.8, 4) is 11.5 Å². The molecule has 0 bridgehead atoms. The van der Waals surface area contributed by atoms with Gasteiger partial charge >= 0.3 is 0 Å². The van der Waals surface area contributed by atoms with Crippen molar-refractivity contribution in [1.29, 1.82) is 0 Å². The first kappa shape index (κ1) is 17.4. The molecule has 0 radical (unpaired) electrons. The second-order valence-corrected chi connectivity index (χ2v) is 5.84. The van der Waals surface area contributed by atoms with E-state index in [1.807, 2.05) is 24.3 Å². The molecule has 0 fully saturated rings. The van der Waals surface area contributed by atoms with Crippen LogP contribution in [0.4, 0.5) is 11.4 Å². The number of anilines is 2. The van der Waals surface area contributed by atoms with Gasteiger partial charge in [0.1, 0.15) is 0 Å². The third-order valence-electron chi connectivity index (χ3n) is 4.20. The molecule has 0 spiro atoms. The topological polar surface area (TPSA) is 62.8 Å². The number of rotatable bonds is 3. The summed E-state index contributed by atoms with van der Waals surface area (Å²) < 4.78 is 10.6. The average Bonchev–Trinajstić information content (AvgIpc) is 2.96. The maximum absolute atomic E-state index is 12.5. The molecule has 132 valence electrons. The lowest BCUT2D eigenvalue weighted by Gasteiger charge is -2.23. The minimum absolute atomic E-state index is 0. The fourth-order valence-electron chi connectivity index (χ4n) is 3.04. The largest absolute Gasteiger partial charge is 0.454 e. The van der Waals surface area contributed by atoms with E-state index in [0.717, 1.165) is 25.3 Å². The molecule has 1 amide bonds. The summed E-state index contributed by atoms with van der Waals surface area (Å²) in [6.45, 7) is 3.02. The number of carbonyl (C=O) groups is 1. The summed E-state index contributed by atoms with van der Waals surface area (Å²) in [6, 6.07) is 13.6. The highest BCUT2D eigenvalue weighted by Crippen LogP contribution is 2.34. The smallest absolute Gasteiger partial charge is 0.243 e. The molecule has 0 unspecified atom stereocenters. The molecular formula is C18H20ClN3O3. The minimum atomic E-state index is -0.0504. The number of ether oxygens (including phenoxy) is 2. The standard InChI is InChI=1S/C18H19N3O3.ClH/c22-18(20-14-5-6-16-17(9-14)24-12-23-16)11-21-8-7-19-10-13-3-1-2-4-15(13)21;/h1-6,9,19H,7-8,10-12H2,(H,20,22);1H. The quantitative estimate of drug-likeness (QED) is 0.879. The van der Waals surface area contributed by atoms with Gasteiger partial charge in [0.2, 0.25) is 12.7 Å². The van der Waals surface area contributed by atoms with Crippen molar-refractivity contribution in [3.05, 3.63) is 48.0 Å². The lowest BCUT2D eigenvalue weighted by molar-refractivity contribution is -0.115. The summed E-state index contributed by atoms with van der Waals surface area (Å²) in [6.07, 6.45) is 0. The molecule has 2 aliphatic rings. The number of carbonyl (C=O) groups excluding carboxylic acids is 1. The SMILES string of the molecule is Cl.O=C(CN1CCNCc2ccccc21)Nc1ccc2c(c1)OCO2. The number of hydrogen-bond donors (Lipinski definition) is 2. The first-order valence-corrected chi connectivity index (χ1v) is 8.03. The summed E-state index contributed by atoms with van der Waals surface area (Å²) in [7, 11) is 0. The maximum atomic E-state index is 12.5. The Balaban J connectivity index is 0.00000182. The van der Waals surface area contributed by atoms with Crippen LogP contribution in [0.15, 0.2) is 42.5 Å². The lowest BCUT2D eigenvalue weighted by atomic mass is 10.1. The van der Waals surface area contributed by atoms with Gasteiger partial charge < -0.3 is 25.0 Å². The molecular weight excluding hydrogens is 342 g/mol. The van der Waals surface area contributed by atoms with Gasteiger partial charge in [-0.15, -0.1) is 12.4 Å². The highest BCUT2D eigenvalue weighted by atomic mass is 35.5. The van der Waals surface area contributed by atoms with Gasteiger partial charge in [0.15, 0.2) is 11.5 Å². The molecule has 2 N–H and O–H groups in total. The molecule has 2 heterocycles. The fraction of sp³-hybridized carbons (Fsp3) is 0.278. The van der Waals surface area contributed by atoms with Gasteiger partial charge in [-0.25, -0.2) is 0 Å². The molecule has 0 saturated heterocycles. The zero-order chi connectivity index (χ0) is 16.4. The predicted octanol–water partition coefficient (Wildman–Crippen LogP) is 2.39. The Morgan fingerprint density at radius 3 is 2.92 bits per heavy atom. The Morgan fingerprint density at radius 1 is 1.16 bits per heavy atom. The normalized spacial score (nSPS) is 15.0. The van der Waals surface area contributed by atoms with Crippen molar-refractivity contribution >= 4 is 29.7 Å². The van der Waals surface area contributed by atoms with Crippen LogP contribution in [0.2, 0.25) is 0 Å². The molecule has 0 saturated carbocycles. The number of hydrogen-bond acceptors (Lipinski definition) is 5. The lowest BCUT2D eigenvalue weighted by Crippen LogP contribution is -2.36. The Hall–Kier alpha value is -2.44. The zero-order valence-corrected chi connectivity index (χ0v) is 14.5. The Bertz CT molecular complexity index is 769. The van der Waals surface area contributed by atoms with Crippen molar-refractivity contribution in [3.63, 3.8) is 0 Å². The van der Waals surface area contributed by atoms with Gasteiger partial charge in [-0.2, -0.15) is 0 Å². The number of para-hydroxylation sites is 1. The van der Waals surface area contributed by atoms with Crippen LogP contribution in [0.5, 0.6) is 11.5 Å². The van der Waals surface area contributed by atoms with E-state index in [4.69, 9.17) is 9.47 Å². The Labute approximate surface area is 152 Å². The summed E-state index contributed by atoms with van der Waals surface area (Å²) in [4.78, 5) is 14.6. The fourth-order valence-corrected chi connectivity index (χ4v) is 3.04. The molecule has 0 aromatic heterocycles. The summed E-state index contributed by atoms with van der Waals surface area (Å²) in [5, 5.41) is 6.31. The summed E-state index contributed by atoms with van der Waals surface area (Å²) in [5.41, 5.74) is 3.04. The van der Waals surface area contributed by atoms with Crippen LogP contribution in [-0.2, 0) is 11.3 Å². The predicted molar refractivity (Wildman–Crippen MR) is 98.8 cm³/mol. The second kappa shape index (κ2) is 7.63. The molecule has 25 heavy (non-hydrogen) atoms. The molecule has 2 aromatic rings. The van der Waals surface area contributed by atoms with Crippen LogP contribution < -0.4 is 25.0 Å². The summed E-state index contributed by atoms with van der Waals surface area (Å²) >= 11 is 0. The van der Waals surface area contributed by atoms with E-state index in [1.165, 1.54) is 5.56 Å². The number of benzene rings is 2. The molecule has 2 aliphatic heterocycles. The van der Waals surface area contributed by atoms with Crippen molar-refractivity contribution in [1.82, 2.24) is 5.32 Å². The van der Waals surface area contributed by atoms with Crippen LogP contribution in [0.1, 0.15) is 5.56 Å². The molecule has 2 aromatic carbocycles. The second-order valence-electron chi connectivity index (χ2n) is 5.84. The van der Waals surface area contributed by atoms with Crippen molar-refractivity contribution in [2.75, 3.05) is 36.6 Å². The minimum Gasteiger partial charge on any atom is -0.454 e. The van der Waals surface area contributed by atoms with Crippen molar-refractivity contribution < 1.29 is 14.3 Å². The van der Waals surface area contributed by atoms with E-state index in [9.17, 15) is 4.79 Å². The highest BCUT2D eigenvalue weighted by Gasteiger charge is 2.18. The van der Waals surface area contributed by atoms with Gasteiger partial charge in [0, 0.05) is 37.1 Å². The first-order chi connectivity index (χ1) is 11.8. The Morgan fingerprint density at radius 2 is 2.00 bits per heavy atom. The van der Waals surface area contributed by atoms with E-state index in [-0.39, 0.29) is 25.1 Å². The molecule has 4 rings (SSSR count). The average molecular weight is 362 g/mol. The van der Waals surface area contributed by atoms with E-state index >= 15 is 0 Å². The van der Waals surface area contributed by atoms with E-state index in [2.05, 4.69) is 27.7 Å². The molecule has 7 heteroatoms. The number of halogens is 1. The van der Waals surface area contributed by atoms with Crippen LogP contribution in [0.3, 0.4) is 0 Å².